The predicted octanol–water partition coefficient (Wildman–Crippen LogP) is 4.79. The second kappa shape index (κ2) is 41.8. The lowest BCUT2D eigenvalue weighted by atomic mass is 9.81. The van der Waals surface area contributed by atoms with Crippen LogP contribution < -0.4 is 42.2 Å². The summed E-state index contributed by atoms with van der Waals surface area (Å²) in [7, 11) is 1.60. The van der Waals surface area contributed by atoms with Crippen LogP contribution in [-0.4, -0.2) is 216 Å². The minimum atomic E-state index is -2.54. The number of aryl methyl sites for hydroxylation is 1. The minimum absolute atomic E-state index is 0.00531. The molecule has 0 spiro atoms. The first-order valence-corrected chi connectivity index (χ1v) is 37.2. The molecule has 0 unspecified atom stereocenters. The number of amides is 8. The minimum Gasteiger partial charge on any atom is -0.458 e. The maximum atomic E-state index is 15.7. The van der Waals surface area contributed by atoms with Crippen LogP contribution in [0.2, 0.25) is 0 Å². The maximum absolute atomic E-state index is 15.7. The number of nitrogens with zero attached hydrogens (tertiary/aromatic N) is 3. The molecular formula is C77H91F6N9O23. The van der Waals surface area contributed by atoms with E-state index in [1.165, 1.54) is 55.7 Å². The van der Waals surface area contributed by atoms with Gasteiger partial charge in [-0.3, -0.25) is 48.1 Å². The number of methoxy groups -OCH3 is 1. The van der Waals surface area contributed by atoms with Crippen LogP contribution in [-0.2, 0) is 118 Å². The first-order valence-electron chi connectivity index (χ1n) is 37.2. The first-order chi connectivity index (χ1) is 55.1. The van der Waals surface area contributed by atoms with Gasteiger partial charge in [-0.1, -0.05) is 26.8 Å². The summed E-state index contributed by atoms with van der Waals surface area (Å²) in [6.45, 7) is 11.1. The van der Waals surface area contributed by atoms with E-state index >= 15 is 4.39 Å². The summed E-state index contributed by atoms with van der Waals surface area (Å²) in [6.07, 6.45) is -0.927. The van der Waals surface area contributed by atoms with Gasteiger partial charge in [0.1, 0.15) is 37.2 Å². The molecule has 3 aliphatic heterocycles. The fourth-order valence-electron chi connectivity index (χ4n) is 13.0. The second-order valence-electron chi connectivity index (χ2n) is 27.3. The summed E-state index contributed by atoms with van der Waals surface area (Å²) in [5, 5.41) is 27.6. The van der Waals surface area contributed by atoms with Crippen molar-refractivity contribution in [3.8, 4) is 17.1 Å². The summed E-state index contributed by atoms with van der Waals surface area (Å²) in [5.74, 6) is -24.1. The molecule has 32 nitrogen and oxygen atoms in total. The Morgan fingerprint density at radius 2 is 1.29 bits per heavy atom. The van der Waals surface area contributed by atoms with Crippen LogP contribution in [0.3, 0.4) is 0 Å². The Balaban J connectivity index is 0.837. The SMILES string of the molecule is CC[C@@]1(O)C(=O)OCc2c1cc1n(c2=O)Cc2c-1nc1cc(F)c(C)c3c1c2[C@@H](NC(=O)OCc1ccc(NC(=O)[C@H](C)NC(=O)[C@@H](NC(=O)[C@H](CCC(=O)Oc2c(F)c(F)c(F)c(F)c2F)NC(=O)CCCN2C(=O)C=CC2=O)C(C)C)cc1C(=O)NCCOCCOCCOCCOCCOCCOCCOCCOC)CC3. The van der Waals surface area contributed by atoms with Crippen LogP contribution in [0.25, 0.3) is 22.3 Å². The van der Waals surface area contributed by atoms with E-state index in [4.69, 9.17) is 52.4 Å². The number of aliphatic hydroxyl groups is 1. The van der Waals surface area contributed by atoms with Crippen LogP contribution in [0.15, 0.2) is 47.3 Å². The number of hydrogen-bond donors (Lipinski definition) is 7. The average Bonchev–Trinajstić information content (AvgIpc) is 1.58. The zero-order valence-electron chi connectivity index (χ0n) is 64.1. The number of anilines is 1. The molecule has 624 valence electrons. The molecular weight excluding hydrogens is 1530 g/mol. The lowest BCUT2D eigenvalue weighted by Gasteiger charge is -2.31. The van der Waals surface area contributed by atoms with Crippen LogP contribution in [0.1, 0.15) is 122 Å². The van der Waals surface area contributed by atoms with E-state index in [1.54, 1.807) is 21.0 Å². The molecule has 2 aromatic heterocycles. The fraction of sp³-hybridized carbons (Fsp3) is 0.506. The molecule has 3 aromatic carbocycles. The summed E-state index contributed by atoms with van der Waals surface area (Å²) < 4.78 is 147. The predicted molar refractivity (Wildman–Crippen MR) is 391 cm³/mol. The molecule has 0 radical (unpaired) electrons. The first kappa shape index (κ1) is 88.6. The fourth-order valence-corrected chi connectivity index (χ4v) is 13.0. The van der Waals surface area contributed by atoms with E-state index < -0.39 is 167 Å². The molecule has 0 bridgehead atoms. The van der Waals surface area contributed by atoms with E-state index in [9.17, 15) is 79.8 Å². The molecule has 4 aliphatic rings. The lowest BCUT2D eigenvalue weighted by molar-refractivity contribution is -0.172. The standard InChI is InChI=1S/C77H91F6N9O23/c1-7-77(104)50-36-55-68-48(38-92(55)74(101)49(50)40-113-75(77)102)61-52(13-12-46-42(4)51(78)37-54(88-68)60(46)61)89-76(103)114-39-44-10-11-45(35-47(44)71(98)84-18-20-106-23-24-108-27-28-110-31-32-112-34-33-111-30-29-109-26-25-107-22-21-105-6)86-70(97)43(5)85-73(100)67(41(2)3)90-72(99)53(87-56(93)9-8-19-91-57(94)15-16-58(91)95)14-17-59(96)115-69-65(82)63(80)62(79)64(81)66(69)83/h10-11,15-16,35-37,41,43,52-53,67,104H,7-9,12-14,17-34,38-40H2,1-6H3,(H,84,98)(H,85,100)(H,86,97)(H,87,93)(H,89,103)(H,90,99)/t43-,52-,53-,67-,77-/m0/s1. The topological polar surface area (TPSA) is 403 Å². The number of hydrogen-bond acceptors (Lipinski definition) is 24. The smallest absolute Gasteiger partial charge is 0.407 e. The van der Waals surface area contributed by atoms with Gasteiger partial charge in [0.05, 0.1) is 134 Å². The third-order valence-electron chi connectivity index (χ3n) is 19.2. The van der Waals surface area contributed by atoms with Crippen molar-refractivity contribution in [2.45, 2.75) is 129 Å². The van der Waals surface area contributed by atoms with Crippen molar-refractivity contribution >= 4 is 76.0 Å². The zero-order chi connectivity index (χ0) is 83.2. The van der Waals surface area contributed by atoms with Crippen molar-refractivity contribution in [2.75, 3.05) is 125 Å². The number of carbonyl (C=O) groups excluding carboxylic acids is 10. The highest BCUT2D eigenvalue weighted by molar-refractivity contribution is 6.13. The molecule has 9 rings (SSSR count). The number of pyridine rings is 2. The number of halogens is 6. The number of imide groups is 1. The highest BCUT2D eigenvalue weighted by atomic mass is 19.2. The number of rotatable bonds is 45. The zero-order valence-corrected chi connectivity index (χ0v) is 64.1. The molecule has 8 amide bonds. The number of ether oxygens (including phenoxy) is 11. The molecule has 1 aliphatic carbocycles. The number of benzene rings is 3. The Bertz CT molecular complexity index is 4500. The maximum Gasteiger partial charge on any atom is 0.407 e. The highest BCUT2D eigenvalue weighted by Gasteiger charge is 2.46. The second-order valence-corrected chi connectivity index (χ2v) is 27.3. The number of cyclic esters (lactones) is 1. The van der Waals surface area contributed by atoms with Gasteiger partial charge in [-0.15, -0.1) is 0 Å². The largest absolute Gasteiger partial charge is 0.458 e. The van der Waals surface area contributed by atoms with Gasteiger partial charge < -0.3 is 93.7 Å². The summed E-state index contributed by atoms with van der Waals surface area (Å²) in [5.41, 5.74) is 0.185. The highest BCUT2D eigenvalue weighted by Crippen LogP contribution is 2.46. The summed E-state index contributed by atoms with van der Waals surface area (Å²) >= 11 is 0. The van der Waals surface area contributed by atoms with Crippen LogP contribution in [0.4, 0.5) is 36.8 Å². The van der Waals surface area contributed by atoms with Crippen molar-refractivity contribution in [2.24, 2.45) is 5.92 Å². The Kier molecular flexibility index (Phi) is 32.2. The van der Waals surface area contributed by atoms with E-state index in [-0.39, 0.29) is 130 Å². The van der Waals surface area contributed by atoms with Gasteiger partial charge in [0.15, 0.2) is 5.60 Å². The monoisotopic (exact) mass is 1620 g/mol. The van der Waals surface area contributed by atoms with Crippen molar-refractivity contribution in [3.05, 3.63) is 132 Å². The Morgan fingerprint density at radius 1 is 0.696 bits per heavy atom. The number of carbonyl (C=O) groups is 10. The third kappa shape index (κ3) is 22.4. The van der Waals surface area contributed by atoms with Crippen LogP contribution >= 0.6 is 0 Å². The van der Waals surface area contributed by atoms with Gasteiger partial charge in [0, 0.05) is 84.6 Å². The Morgan fingerprint density at radius 3 is 1.88 bits per heavy atom. The average molecular weight is 1620 g/mol. The number of fused-ring (bicyclic) bond motifs is 5. The lowest BCUT2D eigenvalue weighted by Crippen LogP contribution is -2.57. The molecule has 0 fully saturated rings. The van der Waals surface area contributed by atoms with E-state index in [1.807, 2.05) is 0 Å². The number of esters is 2. The molecule has 0 saturated carbocycles. The van der Waals surface area contributed by atoms with Crippen molar-refractivity contribution in [1.29, 1.82) is 0 Å². The quantitative estimate of drug-likeness (QED) is 0.00514. The van der Waals surface area contributed by atoms with Crippen molar-refractivity contribution in [1.82, 2.24) is 41.0 Å². The summed E-state index contributed by atoms with van der Waals surface area (Å²) in [4.78, 5) is 154. The molecule has 5 heterocycles. The molecule has 5 aromatic rings. The van der Waals surface area contributed by atoms with Crippen molar-refractivity contribution in [3.63, 3.8) is 0 Å². The molecule has 38 heteroatoms. The molecule has 115 heavy (non-hydrogen) atoms. The van der Waals surface area contributed by atoms with E-state index in [2.05, 4.69) is 36.6 Å². The normalized spacial score (nSPS) is 16.0. The van der Waals surface area contributed by atoms with Gasteiger partial charge in [-0.05, 0) is 86.8 Å². The third-order valence-corrected chi connectivity index (χ3v) is 19.2. The van der Waals surface area contributed by atoms with E-state index in [0.717, 1.165) is 17.1 Å². The molecule has 5 atom stereocenters. The van der Waals surface area contributed by atoms with Gasteiger partial charge in [-0.25, -0.2) is 32.1 Å². The summed E-state index contributed by atoms with van der Waals surface area (Å²) in [6, 6.07) is 1.20. The van der Waals surface area contributed by atoms with Gasteiger partial charge >= 0.3 is 18.0 Å². The van der Waals surface area contributed by atoms with Gasteiger partial charge in [0.2, 0.25) is 58.5 Å². The Hall–Kier alpha value is -10.3. The Labute approximate surface area is 655 Å². The van der Waals surface area contributed by atoms with Crippen molar-refractivity contribution < 1.29 is 131 Å². The van der Waals surface area contributed by atoms with E-state index in [0.29, 0.717) is 93.7 Å². The van der Waals surface area contributed by atoms with Crippen LogP contribution in [0.5, 0.6) is 5.75 Å². The number of nitrogens with one attached hydrogen (secondary N) is 6. The van der Waals surface area contributed by atoms with Gasteiger partial charge in [0.25, 0.3) is 23.3 Å². The molecule has 7 N–H and O–H groups in total. The van der Waals surface area contributed by atoms with Gasteiger partial charge in [-0.2, -0.15) is 8.78 Å². The number of alkyl carbamates (subject to hydrolysis) is 1. The van der Waals surface area contributed by atoms with Crippen LogP contribution in [0, 0.1) is 47.7 Å². The molecule has 0 saturated heterocycles. The number of aromatic nitrogens is 2.